The average Bonchev–Trinajstić information content (AvgIpc) is 2.59. The third-order valence-electron chi connectivity index (χ3n) is 3.64. The van der Waals surface area contributed by atoms with Crippen LogP contribution in [0.2, 0.25) is 0 Å². The van der Waals surface area contributed by atoms with Crippen LogP contribution in [-0.4, -0.2) is 24.0 Å². The molecule has 2 rings (SSSR count). The van der Waals surface area contributed by atoms with Gasteiger partial charge >= 0.3 is 0 Å². The second kappa shape index (κ2) is 8.52. The molecule has 0 aliphatic rings. The molecule has 0 saturated carbocycles. The van der Waals surface area contributed by atoms with E-state index in [-0.39, 0.29) is 24.0 Å². The molecule has 0 atom stereocenters. The Morgan fingerprint density at radius 1 is 1.00 bits per heavy atom. The Hall–Kier alpha value is -2.82. The molecule has 5 nitrogen and oxygen atoms in total. The number of nitrogens with one attached hydrogen (secondary N) is 2. The summed E-state index contributed by atoms with van der Waals surface area (Å²) >= 11 is 0. The van der Waals surface area contributed by atoms with E-state index in [2.05, 4.69) is 17.6 Å². The first kappa shape index (κ1) is 19.5. The predicted molar refractivity (Wildman–Crippen MR) is 104 cm³/mol. The molecule has 0 spiro atoms. The summed E-state index contributed by atoms with van der Waals surface area (Å²) in [5.74, 6) is 0.0844. The van der Waals surface area contributed by atoms with Gasteiger partial charge < -0.3 is 15.4 Å². The number of benzene rings is 2. The van der Waals surface area contributed by atoms with Gasteiger partial charge in [0.2, 0.25) is 0 Å². The Balaban J connectivity index is 1.99. The van der Waals surface area contributed by atoms with E-state index >= 15 is 0 Å². The fourth-order valence-electron chi connectivity index (χ4n) is 2.35. The number of carbonyl (C=O) groups is 2. The van der Waals surface area contributed by atoms with E-state index in [0.29, 0.717) is 17.0 Å². The van der Waals surface area contributed by atoms with Gasteiger partial charge in [-0.05, 0) is 57.0 Å². The molecule has 138 valence electrons. The number of anilines is 1. The van der Waals surface area contributed by atoms with Gasteiger partial charge in [0, 0.05) is 5.54 Å². The molecule has 0 bridgehead atoms. The fraction of sp³-hybridized carbons (Fsp3) is 0.333. The topological polar surface area (TPSA) is 67.4 Å². The summed E-state index contributed by atoms with van der Waals surface area (Å²) in [6, 6.07) is 14.5. The van der Waals surface area contributed by atoms with E-state index in [0.717, 1.165) is 6.42 Å². The second-order valence-electron chi connectivity index (χ2n) is 7.08. The maximum absolute atomic E-state index is 12.4. The van der Waals surface area contributed by atoms with E-state index in [4.69, 9.17) is 4.74 Å². The number of ether oxygens (including phenoxy) is 1. The van der Waals surface area contributed by atoms with Gasteiger partial charge in [0.25, 0.3) is 11.8 Å². The van der Waals surface area contributed by atoms with Gasteiger partial charge in [-0.25, -0.2) is 0 Å². The van der Waals surface area contributed by atoms with E-state index in [1.54, 1.807) is 24.3 Å². The zero-order valence-corrected chi connectivity index (χ0v) is 15.8. The zero-order chi connectivity index (χ0) is 19.2. The van der Waals surface area contributed by atoms with Gasteiger partial charge in [0.1, 0.15) is 5.75 Å². The number of amides is 2. The van der Waals surface area contributed by atoms with E-state index in [1.807, 2.05) is 45.0 Å². The summed E-state index contributed by atoms with van der Waals surface area (Å²) in [7, 11) is 0. The van der Waals surface area contributed by atoms with Crippen molar-refractivity contribution < 1.29 is 14.3 Å². The minimum Gasteiger partial charge on any atom is -0.484 e. The normalized spacial score (nSPS) is 10.9. The van der Waals surface area contributed by atoms with Crippen LogP contribution in [0.1, 0.15) is 43.6 Å². The van der Waals surface area contributed by atoms with Crippen molar-refractivity contribution in [1.82, 2.24) is 5.32 Å². The van der Waals surface area contributed by atoms with E-state index < -0.39 is 0 Å². The summed E-state index contributed by atoms with van der Waals surface area (Å²) < 4.78 is 5.51. The van der Waals surface area contributed by atoms with Crippen LogP contribution < -0.4 is 15.4 Å². The number of aryl methyl sites for hydroxylation is 1. The number of carbonyl (C=O) groups excluding carboxylic acids is 2. The summed E-state index contributed by atoms with van der Waals surface area (Å²) in [6.45, 7) is 7.68. The lowest BCUT2D eigenvalue weighted by atomic mass is 10.1. The van der Waals surface area contributed by atoms with Gasteiger partial charge in [-0.1, -0.05) is 31.2 Å². The maximum atomic E-state index is 12.4. The molecule has 0 radical (unpaired) electrons. The molecular weight excluding hydrogens is 328 g/mol. The van der Waals surface area contributed by atoms with Crippen LogP contribution in [0.5, 0.6) is 5.75 Å². The van der Waals surface area contributed by atoms with Gasteiger partial charge in [0.15, 0.2) is 6.61 Å². The molecule has 2 aromatic rings. The summed E-state index contributed by atoms with van der Waals surface area (Å²) in [5.41, 5.74) is 1.73. The van der Waals surface area contributed by atoms with Crippen LogP contribution in [-0.2, 0) is 11.2 Å². The van der Waals surface area contributed by atoms with Crippen molar-refractivity contribution in [2.45, 2.75) is 39.7 Å². The molecule has 5 heteroatoms. The summed E-state index contributed by atoms with van der Waals surface area (Å²) in [4.78, 5) is 24.6. The molecular formula is C21H26N2O3. The maximum Gasteiger partial charge on any atom is 0.262 e. The van der Waals surface area contributed by atoms with Gasteiger partial charge in [-0.15, -0.1) is 0 Å². The van der Waals surface area contributed by atoms with Crippen molar-refractivity contribution in [3.05, 3.63) is 59.7 Å². The number of hydrogen-bond donors (Lipinski definition) is 2. The van der Waals surface area contributed by atoms with Crippen LogP contribution in [0.4, 0.5) is 5.69 Å². The SMILES string of the molecule is CCc1ccc(OCC(=O)Nc2ccccc2C(=O)NC(C)(C)C)cc1. The smallest absolute Gasteiger partial charge is 0.262 e. The standard InChI is InChI=1S/C21H26N2O3/c1-5-15-10-12-16(13-11-15)26-14-19(24)22-18-9-7-6-8-17(18)20(25)23-21(2,3)4/h6-13H,5,14H2,1-4H3,(H,22,24)(H,23,25). The Bertz CT molecular complexity index is 762. The van der Waals surface area contributed by atoms with Crippen LogP contribution in [0.25, 0.3) is 0 Å². The third kappa shape index (κ3) is 5.92. The second-order valence-corrected chi connectivity index (χ2v) is 7.08. The van der Waals surface area contributed by atoms with Gasteiger partial charge in [-0.3, -0.25) is 9.59 Å². The molecule has 2 amide bonds. The molecule has 0 unspecified atom stereocenters. The first-order chi connectivity index (χ1) is 12.3. The van der Waals surface area contributed by atoms with Crippen molar-refractivity contribution in [1.29, 1.82) is 0 Å². The highest BCUT2D eigenvalue weighted by atomic mass is 16.5. The van der Waals surface area contributed by atoms with Crippen LogP contribution in [0.15, 0.2) is 48.5 Å². The molecule has 2 aromatic carbocycles. The molecule has 26 heavy (non-hydrogen) atoms. The lowest BCUT2D eigenvalue weighted by molar-refractivity contribution is -0.118. The van der Waals surface area contributed by atoms with Gasteiger partial charge in [-0.2, -0.15) is 0 Å². The van der Waals surface area contributed by atoms with Crippen LogP contribution >= 0.6 is 0 Å². The Labute approximate surface area is 154 Å². The Kier molecular flexibility index (Phi) is 6.39. The van der Waals surface area contributed by atoms with Crippen molar-refractivity contribution in [3.63, 3.8) is 0 Å². The summed E-state index contributed by atoms with van der Waals surface area (Å²) in [6.07, 6.45) is 0.953. The molecule has 0 aliphatic carbocycles. The van der Waals surface area contributed by atoms with Crippen molar-refractivity contribution in [3.8, 4) is 5.75 Å². The monoisotopic (exact) mass is 354 g/mol. The first-order valence-electron chi connectivity index (χ1n) is 8.71. The number of hydrogen-bond acceptors (Lipinski definition) is 3. The molecule has 0 aliphatic heterocycles. The minimum atomic E-state index is -0.359. The lowest BCUT2D eigenvalue weighted by Crippen LogP contribution is -2.41. The first-order valence-corrected chi connectivity index (χ1v) is 8.71. The summed E-state index contributed by atoms with van der Waals surface area (Å²) in [5, 5.41) is 5.64. The molecule has 0 heterocycles. The predicted octanol–water partition coefficient (Wildman–Crippen LogP) is 3.79. The lowest BCUT2D eigenvalue weighted by Gasteiger charge is -2.21. The van der Waals surface area contributed by atoms with E-state index in [9.17, 15) is 9.59 Å². The Morgan fingerprint density at radius 2 is 1.65 bits per heavy atom. The van der Waals surface area contributed by atoms with Crippen LogP contribution in [0.3, 0.4) is 0 Å². The molecule has 2 N–H and O–H groups in total. The fourth-order valence-corrected chi connectivity index (χ4v) is 2.35. The minimum absolute atomic E-state index is 0.124. The zero-order valence-electron chi connectivity index (χ0n) is 15.8. The largest absolute Gasteiger partial charge is 0.484 e. The van der Waals surface area contributed by atoms with Crippen molar-refractivity contribution in [2.24, 2.45) is 0 Å². The highest BCUT2D eigenvalue weighted by Gasteiger charge is 2.18. The molecule has 0 saturated heterocycles. The number of para-hydroxylation sites is 1. The van der Waals surface area contributed by atoms with Crippen LogP contribution in [0, 0.1) is 0 Å². The quantitative estimate of drug-likeness (QED) is 0.829. The third-order valence-corrected chi connectivity index (χ3v) is 3.64. The average molecular weight is 354 g/mol. The highest BCUT2D eigenvalue weighted by Crippen LogP contribution is 2.17. The highest BCUT2D eigenvalue weighted by molar-refractivity contribution is 6.04. The van der Waals surface area contributed by atoms with Gasteiger partial charge in [0.05, 0.1) is 11.3 Å². The Morgan fingerprint density at radius 3 is 2.27 bits per heavy atom. The molecule has 0 fully saturated rings. The number of rotatable bonds is 6. The molecule has 0 aromatic heterocycles. The van der Waals surface area contributed by atoms with E-state index in [1.165, 1.54) is 5.56 Å². The van der Waals surface area contributed by atoms with Crippen molar-refractivity contribution in [2.75, 3.05) is 11.9 Å². The van der Waals surface area contributed by atoms with Crippen molar-refractivity contribution >= 4 is 17.5 Å².